The van der Waals surface area contributed by atoms with Gasteiger partial charge in [-0.05, 0) is 30.1 Å². The fourth-order valence-corrected chi connectivity index (χ4v) is 2.81. The number of carbonyl (C=O) groups excluding carboxylic acids is 1. The van der Waals surface area contributed by atoms with E-state index in [1.165, 1.54) is 4.91 Å². The zero-order valence-electron chi connectivity index (χ0n) is 13.3. The fraction of sp³-hybridized carbons (Fsp3) is 0.588. The lowest BCUT2D eigenvalue weighted by molar-refractivity contribution is -0.119. The third-order valence-corrected chi connectivity index (χ3v) is 3.90. The van der Waals surface area contributed by atoms with Crippen LogP contribution in [0.2, 0.25) is 0 Å². The average molecular weight is 295 g/mol. The molecule has 0 fully saturated rings. The van der Waals surface area contributed by atoms with Crippen LogP contribution in [0.15, 0.2) is 36.4 Å². The predicted octanol–water partition coefficient (Wildman–Crippen LogP) is 4.65. The molecule has 114 valence electrons. The molecule has 2 nitrogen and oxygen atoms in total. The van der Waals surface area contributed by atoms with Gasteiger partial charge in [0.15, 0.2) is 5.78 Å². The zero-order valence-corrected chi connectivity index (χ0v) is 14.1. The van der Waals surface area contributed by atoms with Gasteiger partial charge in [-0.1, -0.05) is 33.1 Å². The lowest BCUT2D eigenvalue weighted by Crippen LogP contribution is -2.25. The minimum atomic E-state index is 0.261. The van der Waals surface area contributed by atoms with E-state index >= 15 is 0 Å². The summed E-state index contributed by atoms with van der Waals surface area (Å²) in [6.07, 6.45) is 5.27. The van der Waals surface area contributed by atoms with E-state index < -0.39 is 0 Å². The van der Waals surface area contributed by atoms with Gasteiger partial charge in [-0.3, -0.25) is 4.79 Å². The summed E-state index contributed by atoms with van der Waals surface area (Å²) >= 11 is 1.71. The number of hydrogen-bond donors (Lipinski definition) is 0. The van der Waals surface area contributed by atoms with E-state index in [1.54, 1.807) is 11.8 Å². The highest BCUT2D eigenvalue weighted by atomic mass is 32.2. The van der Waals surface area contributed by atoms with Crippen LogP contribution in [0.1, 0.15) is 39.5 Å². The predicted molar refractivity (Wildman–Crippen MR) is 91.9 cm³/mol. The molecule has 0 spiro atoms. The van der Waals surface area contributed by atoms with Crippen molar-refractivity contribution in [2.75, 3.05) is 19.3 Å². The van der Waals surface area contributed by atoms with Crippen LogP contribution in [-0.4, -0.2) is 30.0 Å². The Morgan fingerprint density at radius 1 is 1.30 bits per heavy atom. The number of hydrogen-bond acceptors (Lipinski definition) is 3. The van der Waals surface area contributed by atoms with E-state index in [0.29, 0.717) is 18.9 Å². The quantitative estimate of drug-likeness (QED) is 0.489. The molecule has 20 heavy (non-hydrogen) atoms. The van der Waals surface area contributed by atoms with Crippen LogP contribution in [0.25, 0.3) is 0 Å². The van der Waals surface area contributed by atoms with Gasteiger partial charge in [-0.15, -0.1) is 18.3 Å². The number of thioether (sulfide) groups is 1. The van der Waals surface area contributed by atoms with Gasteiger partial charge in [0.25, 0.3) is 0 Å². The van der Waals surface area contributed by atoms with Crippen LogP contribution in [0.4, 0.5) is 0 Å². The summed E-state index contributed by atoms with van der Waals surface area (Å²) in [4.78, 5) is 15.0. The summed E-state index contributed by atoms with van der Waals surface area (Å²) < 4.78 is 0. The van der Waals surface area contributed by atoms with E-state index in [4.69, 9.17) is 0 Å². The second kappa shape index (κ2) is 10.8. The van der Waals surface area contributed by atoms with Gasteiger partial charge >= 0.3 is 0 Å². The molecule has 3 heteroatoms. The highest BCUT2D eigenvalue weighted by Gasteiger charge is 2.09. The molecule has 0 saturated heterocycles. The molecular weight excluding hydrogens is 266 g/mol. The average Bonchev–Trinajstić information content (AvgIpc) is 2.34. The standard InChI is InChI=1S/C17H29NOS/c1-7-8-9-15(4)18(6)13-17(19)10-11-20-16(5)12-14(2)3/h7,14H,1,4-5,8-13H2,2-3,6H3. The minimum Gasteiger partial charge on any atom is -0.371 e. The molecule has 0 radical (unpaired) electrons. The number of rotatable bonds is 12. The van der Waals surface area contributed by atoms with E-state index in [2.05, 4.69) is 33.6 Å². The Bertz CT molecular complexity index is 347. The third-order valence-electron chi connectivity index (χ3n) is 2.91. The molecule has 0 saturated carbocycles. The van der Waals surface area contributed by atoms with Crippen molar-refractivity contribution in [2.45, 2.75) is 39.5 Å². The summed E-state index contributed by atoms with van der Waals surface area (Å²) in [7, 11) is 1.92. The maximum absolute atomic E-state index is 11.9. The Morgan fingerprint density at radius 2 is 1.95 bits per heavy atom. The minimum absolute atomic E-state index is 0.261. The van der Waals surface area contributed by atoms with Gasteiger partial charge in [0.2, 0.25) is 0 Å². The van der Waals surface area contributed by atoms with Crippen molar-refractivity contribution in [3.8, 4) is 0 Å². The summed E-state index contributed by atoms with van der Waals surface area (Å²) in [5.74, 6) is 1.72. The molecule has 0 aromatic heterocycles. The first-order valence-electron chi connectivity index (χ1n) is 7.18. The topological polar surface area (TPSA) is 20.3 Å². The molecule has 0 aliphatic rings. The van der Waals surface area contributed by atoms with Crippen LogP contribution in [-0.2, 0) is 4.79 Å². The number of allylic oxidation sites excluding steroid dienone is 3. The summed E-state index contributed by atoms with van der Waals surface area (Å²) in [5, 5.41) is 0. The smallest absolute Gasteiger partial charge is 0.152 e. The molecule has 0 rings (SSSR count). The van der Waals surface area contributed by atoms with Gasteiger partial charge in [0.1, 0.15) is 0 Å². The van der Waals surface area contributed by atoms with Gasteiger partial charge in [0.05, 0.1) is 6.54 Å². The molecule has 0 unspecified atom stereocenters. The van der Waals surface area contributed by atoms with E-state index in [-0.39, 0.29) is 5.78 Å². The van der Waals surface area contributed by atoms with Crippen molar-refractivity contribution >= 4 is 17.5 Å². The molecule has 0 aliphatic carbocycles. The van der Waals surface area contributed by atoms with Crippen LogP contribution >= 0.6 is 11.8 Å². The number of ketones is 1. The molecule has 0 bridgehead atoms. The maximum atomic E-state index is 11.9. The summed E-state index contributed by atoms with van der Waals surface area (Å²) in [5.41, 5.74) is 0.995. The lowest BCUT2D eigenvalue weighted by Gasteiger charge is -2.20. The van der Waals surface area contributed by atoms with Gasteiger partial charge < -0.3 is 4.90 Å². The van der Waals surface area contributed by atoms with Crippen LogP contribution in [0.5, 0.6) is 0 Å². The molecule has 0 N–H and O–H groups in total. The fourth-order valence-electron chi connectivity index (χ4n) is 1.74. The van der Waals surface area contributed by atoms with Crippen molar-refractivity contribution in [3.05, 3.63) is 36.4 Å². The maximum Gasteiger partial charge on any atom is 0.152 e. The van der Waals surface area contributed by atoms with Crippen LogP contribution in [0.3, 0.4) is 0 Å². The van der Waals surface area contributed by atoms with Crippen molar-refractivity contribution in [2.24, 2.45) is 5.92 Å². The largest absolute Gasteiger partial charge is 0.371 e. The molecule has 0 aliphatic heterocycles. The number of likely N-dealkylation sites (N-methyl/N-ethyl adjacent to an activating group) is 1. The first kappa shape index (κ1) is 19.0. The monoisotopic (exact) mass is 295 g/mol. The van der Waals surface area contributed by atoms with Crippen LogP contribution < -0.4 is 0 Å². The Labute approximate surface area is 129 Å². The first-order valence-corrected chi connectivity index (χ1v) is 8.17. The Morgan fingerprint density at radius 3 is 2.50 bits per heavy atom. The van der Waals surface area contributed by atoms with Crippen LogP contribution in [0, 0.1) is 5.92 Å². The zero-order chi connectivity index (χ0) is 15.5. The molecule has 0 aromatic rings. The summed E-state index contributed by atoms with van der Waals surface area (Å²) in [6, 6.07) is 0. The molecular formula is C17H29NOS. The van der Waals surface area contributed by atoms with E-state index in [1.807, 2.05) is 18.0 Å². The second-order valence-corrected chi connectivity index (χ2v) is 6.80. The second-order valence-electron chi connectivity index (χ2n) is 5.52. The van der Waals surface area contributed by atoms with E-state index in [0.717, 1.165) is 30.7 Å². The van der Waals surface area contributed by atoms with Gasteiger partial charge in [0, 0.05) is 24.9 Å². The Kier molecular flexibility index (Phi) is 10.3. The first-order chi connectivity index (χ1) is 9.36. The Balaban J connectivity index is 3.85. The number of nitrogens with zero attached hydrogens (tertiary/aromatic N) is 1. The molecule has 0 heterocycles. The summed E-state index contributed by atoms with van der Waals surface area (Å²) in [6.45, 7) is 16.5. The Hall–Kier alpha value is -0.960. The third kappa shape index (κ3) is 9.90. The molecule has 0 aromatic carbocycles. The molecule has 0 atom stereocenters. The van der Waals surface area contributed by atoms with Gasteiger partial charge in [-0.2, -0.15) is 0 Å². The SMILES string of the molecule is C=CCCC(=C)N(C)CC(=O)CCSC(=C)CC(C)C. The highest BCUT2D eigenvalue weighted by molar-refractivity contribution is 8.03. The lowest BCUT2D eigenvalue weighted by atomic mass is 10.1. The van der Waals surface area contributed by atoms with E-state index in [9.17, 15) is 4.79 Å². The van der Waals surface area contributed by atoms with Crippen molar-refractivity contribution in [1.82, 2.24) is 4.90 Å². The van der Waals surface area contributed by atoms with Crippen molar-refractivity contribution < 1.29 is 4.79 Å². The molecule has 0 amide bonds. The normalized spacial score (nSPS) is 10.4. The highest BCUT2D eigenvalue weighted by Crippen LogP contribution is 2.22. The van der Waals surface area contributed by atoms with Crippen molar-refractivity contribution in [1.29, 1.82) is 0 Å². The number of carbonyl (C=O) groups is 1. The number of Topliss-reactive ketones (excluding diaryl/α,β-unsaturated/α-hetero) is 1. The van der Waals surface area contributed by atoms with Gasteiger partial charge in [-0.25, -0.2) is 0 Å². The van der Waals surface area contributed by atoms with Crippen molar-refractivity contribution in [3.63, 3.8) is 0 Å².